The third kappa shape index (κ3) is 3.10. The molecule has 0 spiro atoms. The lowest BCUT2D eigenvalue weighted by Crippen LogP contribution is -2.30. The number of hydrogen-bond acceptors (Lipinski definition) is 1. The molecule has 2 aliphatic rings. The van der Waals surface area contributed by atoms with Crippen LogP contribution in [0.3, 0.4) is 0 Å². The Morgan fingerprint density at radius 1 is 0.812 bits per heavy atom. The Hall–Kier alpha value is -0.300. The van der Waals surface area contributed by atoms with E-state index in [4.69, 9.17) is 0 Å². The minimum atomic E-state index is -0.423. The maximum atomic E-state index is 10.8. The maximum absolute atomic E-state index is 10.8. The first-order chi connectivity index (χ1) is 7.81. The molecular weight excluding hydrogens is 196 g/mol. The van der Waals surface area contributed by atoms with Crippen molar-refractivity contribution in [3.05, 3.63) is 11.6 Å². The van der Waals surface area contributed by atoms with Crippen molar-refractivity contribution in [1.82, 2.24) is 0 Å². The van der Waals surface area contributed by atoms with Gasteiger partial charge in [-0.15, -0.1) is 0 Å². The summed E-state index contributed by atoms with van der Waals surface area (Å²) in [5.74, 6) is 0. The van der Waals surface area contributed by atoms with Crippen molar-refractivity contribution >= 4 is 0 Å². The van der Waals surface area contributed by atoms with Crippen LogP contribution in [0.15, 0.2) is 11.6 Å². The Labute approximate surface area is 99.9 Å². The summed E-state index contributed by atoms with van der Waals surface area (Å²) in [5.41, 5.74) is 0.961. The number of allylic oxidation sites excluding steroid dienone is 1. The topological polar surface area (TPSA) is 20.2 Å². The Bertz CT molecular complexity index is 234. The van der Waals surface area contributed by atoms with E-state index in [9.17, 15) is 5.11 Å². The molecule has 1 N–H and O–H groups in total. The quantitative estimate of drug-likeness (QED) is 0.516. The zero-order valence-corrected chi connectivity index (χ0v) is 10.5. The van der Waals surface area contributed by atoms with Gasteiger partial charge >= 0.3 is 0 Å². The van der Waals surface area contributed by atoms with Crippen LogP contribution in [0.4, 0.5) is 0 Å². The van der Waals surface area contributed by atoms with E-state index in [1.165, 1.54) is 63.4 Å². The predicted molar refractivity (Wildman–Crippen MR) is 68.4 cm³/mol. The monoisotopic (exact) mass is 222 g/mol. The van der Waals surface area contributed by atoms with Gasteiger partial charge in [0.05, 0.1) is 5.60 Å². The van der Waals surface area contributed by atoms with Crippen LogP contribution in [0.2, 0.25) is 0 Å². The largest absolute Gasteiger partial charge is 0.386 e. The molecule has 0 radical (unpaired) electrons. The fourth-order valence-corrected chi connectivity index (χ4v) is 3.25. The summed E-state index contributed by atoms with van der Waals surface area (Å²) in [6.07, 6.45) is 17.1. The second-order valence-corrected chi connectivity index (χ2v) is 5.63. The lowest BCUT2D eigenvalue weighted by molar-refractivity contribution is 0.0577. The van der Waals surface area contributed by atoms with Crippen LogP contribution in [0.1, 0.15) is 77.0 Å². The predicted octanol–water partition coefficient (Wildman–Crippen LogP) is 4.35. The van der Waals surface area contributed by atoms with Gasteiger partial charge in [0.2, 0.25) is 0 Å². The highest BCUT2D eigenvalue weighted by Crippen LogP contribution is 2.36. The number of aliphatic hydroxyl groups is 1. The van der Waals surface area contributed by atoms with Gasteiger partial charge in [0.25, 0.3) is 0 Å². The van der Waals surface area contributed by atoms with Gasteiger partial charge in [-0.1, -0.05) is 44.6 Å². The summed E-state index contributed by atoms with van der Waals surface area (Å²) in [6.45, 7) is 0. The lowest BCUT2D eigenvalue weighted by atomic mass is 9.81. The van der Waals surface area contributed by atoms with E-state index >= 15 is 0 Å². The van der Waals surface area contributed by atoms with Crippen molar-refractivity contribution in [2.24, 2.45) is 0 Å². The second kappa shape index (κ2) is 5.86. The van der Waals surface area contributed by atoms with Gasteiger partial charge in [-0.05, 0) is 44.1 Å². The average Bonchev–Trinajstić information content (AvgIpc) is 2.43. The van der Waals surface area contributed by atoms with Crippen LogP contribution in [0, 0.1) is 0 Å². The standard InChI is InChI=1S/C15H26O/c16-15(12-8-4-5-9-13-15)14-10-6-2-1-3-7-11-14/h10,16H,1-9,11-13H2. The minimum Gasteiger partial charge on any atom is -0.386 e. The molecule has 1 fully saturated rings. The second-order valence-electron chi connectivity index (χ2n) is 5.63. The molecule has 16 heavy (non-hydrogen) atoms. The van der Waals surface area contributed by atoms with E-state index in [1.54, 1.807) is 0 Å². The molecule has 1 saturated carbocycles. The van der Waals surface area contributed by atoms with Crippen molar-refractivity contribution < 1.29 is 5.11 Å². The molecule has 0 bridgehead atoms. The van der Waals surface area contributed by atoms with E-state index in [2.05, 4.69) is 6.08 Å². The average molecular weight is 222 g/mol. The first kappa shape index (κ1) is 12.2. The molecule has 0 saturated heterocycles. The molecule has 2 rings (SSSR count). The summed E-state index contributed by atoms with van der Waals surface area (Å²) in [6, 6.07) is 0. The third-order valence-electron chi connectivity index (χ3n) is 4.32. The van der Waals surface area contributed by atoms with Crippen molar-refractivity contribution in [2.45, 2.75) is 82.7 Å². The van der Waals surface area contributed by atoms with Crippen LogP contribution in [-0.2, 0) is 0 Å². The first-order valence-corrected chi connectivity index (χ1v) is 7.23. The summed E-state index contributed by atoms with van der Waals surface area (Å²) in [5, 5.41) is 10.8. The SMILES string of the molecule is OC1(C2=CCCCCCC2)CCCCCC1. The zero-order chi connectivity index (χ0) is 11.3. The van der Waals surface area contributed by atoms with Crippen molar-refractivity contribution in [1.29, 1.82) is 0 Å². The molecule has 0 aromatic carbocycles. The molecule has 0 atom stereocenters. The number of hydrogen-bond donors (Lipinski definition) is 1. The summed E-state index contributed by atoms with van der Waals surface area (Å²) in [7, 11) is 0. The molecule has 92 valence electrons. The van der Waals surface area contributed by atoms with Crippen molar-refractivity contribution in [3.8, 4) is 0 Å². The first-order valence-electron chi connectivity index (χ1n) is 7.23. The van der Waals surface area contributed by atoms with Gasteiger partial charge in [-0.25, -0.2) is 0 Å². The Kier molecular flexibility index (Phi) is 4.45. The molecule has 0 aromatic rings. The number of rotatable bonds is 1. The van der Waals surface area contributed by atoms with Crippen LogP contribution in [0.25, 0.3) is 0 Å². The Balaban J connectivity index is 2.06. The highest BCUT2D eigenvalue weighted by molar-refractivity contribution is 5.17. The van der Waals surface area contributed by atoms with E-state index < -0.39 is 5.60 Å². The molecule has 0 heterocycles. The van der Waals surface area contributed by atoms with Gasteiger partial charge in [-0.3, -0.25) is 0 Å². The molecule has 0 unspecified atom stereocenters. The van der Waals surface area contributed by atoms with Crippen LogP contribution < -0.4 is 0 Å². The van der Waals surface area contributed by atoms with Gasteiger partial charge in [0, 0.05) is 0 Å². The fraction of sp³-hybridized carbons (Fsp3) is 0.867. The normalized spacial score (nSPS) is 27.4. The molecule has 1 nitrogen and oxygen atoms in total. The Morgan fingerprint density at radius 2 is 1.44 bits per heavy atom. The van der Waals surface area contributed by atoms with Crippen LogP contribution in [-0.4, -0.2) is 10.7 Å². The van der Waals surface area contributed by atoms with E-state index in [0.717, 1.165) is 19.3 Å². The molecule has 0 aliphatic heterocycles. The minimum absolute atomic E-state index is 0.423. The highest BCUT2D eigenvalue weighted by Gasteiger charge is 2.31. The summed E-state index contributed by atoms with van der Waals surface area (Å²) in [4.78, 5) is 0. The van der Waals surface area contributed by atoms with Crippen LogP contribution >= 0.6 is 0 Å². The maximum Gasteiger partial charge on any atom is 0.0856 e. The van der Waals surface area contributed by atoms with Gasteiger partial charge in [0.15, 0.2) is 0 Å². The highest BCUT2D eigenvalue weighted by atomic mass is 16.3. The molecule has 1 heteroatoms. The summed E-state index contributed by atoms with van der Waals surface area (Å²) >= 11 is 0. The van der Waals surface area contributed by atoms with E-state index in [0.29, 0.717) is 0 Å². The molecular formula is C15H26O. The Morgan fingerprint density at radius 3 is 2.19 bits per heavy atom. The summed E-state index contributed by atoms with van der Waals surface area (Å²) < 4.78 is 0. The third-order valence-corrected chi connectivity index (χ3v) is 4.32. The van der Waals surface area contributed by atoms with Gasteiger partial charge in [0.1, 0.15) is 0 Å². The smallest absolute Gasteiger partial charge is 0.0856 e. The lowest BCUT2D eigenvalue weighted by Gasteiger charge is -2.31. The molecule has 0 amide bonds. The molecule has 2 aliphatic carbocycles. The molecule has 0 aromatic heterocycles. The fourth-order valence-electron chi connectivity index (χ4n) is 3.25. The van der Waals surface area contributed by atoms with Crippen molar-refractivity contribution in [2.75, 3.05) is 0 Å². The van der Waals surface area contributed by atoms with E-state index in [-0.39, 0.29) is 0 Å². The van der Waals surface area contributed by atoms with E-state index in [1.807, 2.05) is 0 Å². The van der Waals surface area contributed by atoms with Gasteiger partial charge in [-0.2, -0.15) is 0 Å². The van der Waals surface area contributed by atoms with Crippen LogP contribution in [0.5, 0.6) is 0 Å². The zero-order valence-electron chi connectivity index (χ0n) is 10.5. The van der Waals surface area contributed by atoms with Crippen molar-refractivity contribution in [3.63, 3.8) is 0 Å². The van der Waals surface area contributed by atoms with Gasteiger partial charge < -0.3 is 5.11 Å².